The largest absolute Gasteiger partial charge is 0.448 e. The molecule has 25 heavy (non-hydrogen) atoms. The number of rotatable bonds is 2. The molecule has 4 aliphatic rings. The summed E-state index contributed by atoms with van der Waals surface area (Å²) in [4.78, 5) is 14.2. The van der Waals surface area contributed by atoms with Crippen LogP contribution in [0.2, 0.25) is 0 Å². The second kappa shape index (κ2) is 5.60. The lowest BCUT2D eigenvalue weighted by Crippen LogP contribution is -2.59. The van der Waals surface area contributed by atoms with Crippen LogP contribution in [0.25, 0.3) is 11.1 Å². The predicted molar refractivity (Wildman–Crippen MR) is 94.2 cm³/mol. The fourth-order valence-electron chi connectivity index (χ4n) is 4.70. The van der Waals surface area contributed by atoms with Crippen LogP contribution in [0.5, 0.6) is 0 Å². The number of carbonyl (C=O) groups is 1. The summed E-state index contributed by atoms with van der Waals surface area (Å²) < 4.78 is 5.69. The first-order valence-electron chi connectivity index (χ1n) is 9.00. The number of aliphatic hydroxyl groups excluding tert-OH is 1. The quantitative estimate of drug-likeness (QED) is 0.916. The SMILES string of the molecule is O=C(OCC1c2ccccc2-c2ccccc21)N1CC2CC(C1)C2O. The van der Waals surface area contributed by atoms with Crippen molar-refractivity contribution in [2.24, 2.45) is 11.8 Å². The highest BCUT2D eigenvalue weighted by atomic mass is 16.6. The molecule has 6 rings (SSSR count). The van der Waals surface area contributed by atoms with Crippen molar-refractivity contribution in [3.05, 3.63) is 59.7 Å². The Bertz CT molecular complexity index is 776. The number of piperidine rings is 2. The van der Waals surface area contributed by atoms with Gasteiger partial charge in [0.15, 0.2) is 0 Å². The van der Waals surface area contributed by atoms with E-state index >= 15 is 0 Å². The number of aliphatic hydroxyl groups is 1. The third kappa shape index (κ3) is 2.28. The van der Waals surface area contributed by atoms with Crippen LogP contribution in [-0.4, -0.2) is 41.9 Å². The van der Waals surface area contributed by atoms with Gasteiger partial charge in [0.25, 0.3) is 0 Å². The highest BCUT2D eigenvalue weighted by molar-refractivity contribution is 5.79. The molecule has 2 bridgehead atoms. The lowest BCUT2D eigenvalue weighted by Gasteiger charge is -2.50. The minimum Gasteiger partial charge on any atom is -0.448 e. The first kappa shape index (κ1) is 15.0. The topological polar surface area (TPSA) is 49.8 Å². The molecule has 2 aromatic rings. The number of benzene rings is 2. The van der Waals surface area contributed by atoms with Crippen LogP contribution in [0, 0.1) is 11.8 Å². The Morgan fingerprint density at radius 3 is 2.12 bits per heavy atom. The molecule has 0 radical (unpaired) electrons. The van der Waals surface area contributed by atoms with Gasteiger partial charge in [-0.2, -0.15) is 0 Å². The van der Waals surface area contributed by atoms with Gasteiger partial charge < -0.3 is 14.7 Å². The maximum absolute atomic E-state index is 12.5. The molecule has 2 heterocycles. The molecule has 1 N–H and O–H groups in total. The maximum atomic E-state index is 12.5. The molecule has 0 spiro atoms. The van der Waals surface area contributed by atoms with Crippen LogP contribution in [0.4, 0.5) is 4.79 Å². The Kier molecular flexibility index (Phi) is 3.35. The normalized spacial score (nSPS) is 26.6. The molecule has 2 aromatic carbocycles. The van der Waals surface area contributed by atoms with Gasteiger partial charge >= 0.3 is 6.09 Å². The summed E-state index contributed by atoms with van der Waals surface area (Å²) in [5.41, 5.74) is 4.94. The molecular formula is C21H21NO3. The number of fused-ring (bicyclic) bond motifs is 5. The van der Waals surface area contributed by atoms with Crippen LogP contribution in [0.1, 0.15) is 23.5 Å². The van der Waals surface area contributed by atoms with E-state index in [4.69, 9.17) is 4.74 Å². The molecule has 4 nitrogen and oxygen atoms in total. The molecule has 2 atom stereocenters. The first-order valence-corrected chi connectivity index (χ1v) is 9.00. The van der Waals surface area contributed by atoms with Crippen molar-refractivity contribution in [3.63, 3.8) is 0 Å². The van der Waals surface area contributed by atoms with Crippen molar-refractivity contribution >= 4 is 6.09 Å². The average molecular weight is 335 g/mol. The summed E-state index contributed by atoms with van der Waals surface area (Å²) in [7, 11) is 0. The maximum Gasteiger partial charge on any atom is 0.409 e. The van der Waals surface area contributed by atoms with E-state index in [1.807, 2.05) is 12.1 Å². The zero-order valence-corrected chi connectivity index (χ0v) is 14.0. The van der Waals surface area contributed by atoms with E-state index in [-0.39, 0.29) is 30.0 Å². The Labute approximate surface area is 147 Å². The van der Waals surface area contributed by atoms with Crippen LogP contribution in [-0.2, 0) is 4.74 Å². The molecule has 3 fully saturated rings. The minimum absolute atomic E-state index is 0.0984. The van der Waals surface area contributed by atoms with Gasteiger partial charge in [-0.25, -0.2) is 4.79 Å². The van der Waals surface area contributed by atoms with Gasteiger partial charge in [0.05, 0.1) is 6.10 Å². The minimum atomic E-state index is -0.247. The summed E-state index contributed by atoms with van der Waals surface area (Å²) in [6.45, 7) is 1.60. The Morgan fingerprint density at radius 1 is 1.00 bits per heavy atom. The van der Waals surface area contributed by atoms with Crippen molar-refractivity contribution in [3.8, 4) is 11.1 Å². The van der Waals surface area contributed by atoms with Gasteiger partial charge in [0.2, 0.25) is 0 Å². The molecule has 2 saturated heterocycles. The van der Waals surface area contributed by atoms with Crippen molar-refractivity contribution in [1.82, 2.24) is 4.90 Å². The Morgan fingerprint density at radius 2 is 1.56 bits per heavy atom. The summed E-state index contributed by atoms with van der Waals surface area (Å²) in [6.07, 6.45) is 0.565. The van der Waals surface area contributed by atoms with Gasteiger partial charge in [-0.3, -0.25) is 0 Å². The smallest absolute Gasteiger partial charge is 0.409 e. The number of carbonyl (C=O) groups excluding carboxylic acids is 1. The van der Waals surface area contributed by atoms with E-state index in [1.165, 1.54) is 22.3 Å². The van der Waals surface area contributed by atoms with Gasteiger partial charge in [-0.1, -0.05) is 48.5 Å². The molecule has 2 unspecified atom stereocenters. The van der Waals surface area contributed by atoms with E-state index in [9.17, 15) is 9.90 Å². The number of nitrogens with zero attached hydrogens (tertiary/aromatic N) is 1. The predicted octanol–water partition coefficient (Wildman–Crippen LogP) is 3.25. The average Bonchev–Trinajstić information content (AvgIpc) is 2.99. The van der Waals surface area contributed by atoms with Gasteiger partial charge in [0, 0.05) is 30.8 Å². The summed E-state index contributed by atoms with van der Waals surface area (Å²) in [5.74, 6) is 0.569. The first-order chi connectivity index (χ1) is 12.2. The molecule has 1 amide bonds. The van der Waals surface area contributed by atoms with E-state index in [0.29, 0.717) is 19.7 Å². The highest BCUT2D eigenvalue weighted by Gasteiger charge is 2.47. The van der Waals surface area contributed by atoms with E-state index in [0.717, 1.165) is 6.42 Å². The third-order valence-corrected chi connectivity index (χ3v) is 6.08. The molecular weight excluding hydrogens is 314 g/mol. The Hall–Kier alpha value is -2.33. The van der Waals surface area contributed by atoms with Crippen molar-refractivity contribution in [2.75, 3.05) is 19.7 Å². The third-order valence-electron chi connectivity index (χ3n) is 6.08. The number of hydrogen-bond donors (Lipinski definition) is 1. The number of ether oxygens (including phenoxy) is 1. The second-order valence-corrected chi connectivity index (χ2v) is 7.46. The number of hydrogen-bond acceptors (Lipinski definition) is 3. The van der Waals surface area contributed by atoms with E-state index < -0.39 is 0 Å². The summed E-state index contributed by atoms with van der Waals surface area (Å²) >= 11 is 0. The van der Waals surface area contributed by atoms with E-state index in [1.54, 1.807) is 4.90 Å². The summed E-state index contributed by atoms with van der Waals surface area (Å²) in [6, 6.07) is 16.7. The fraction of sp³-hybridized carbons (Fsp3) is 0.381. The summed E-state index contributed by atoms with van der Waals surface area (Å²) in [5, 5.41) is 9.87. The number of amides is 1. The van der Waals surface area contributed by atoms with Crippen LogP contribution in [0.3, 0.4) is 0 Å². The Balaban J connectivity index is 1.32. The lowest BCUT2D eigenvalue weighted by atomic mass is 9.68. The molecule has 0 aromatic heterocycles. The van der Waals surface area contributed by atoms with Gasteiger partial charge in [-0.15, -0.1) is 0 Å². The van der Waals surface area contributed by atoms with Crippen LogP contribution < -0.4 is 0 Å². The van der Waals surface area contributed by atoms with Crippen molar-refractivity contribution < 1.29 is 14.6 Å². The molecule has 2 aliphatic carbocycles. The van der Waals surface area contributed by atoms with Crippen LogP contribution in [0.15, 0.2) is 48.5 Å². The second-order valence-electron chi connectivity index (χ2n) is 7.46. The zero-order chi connectivity index (χ0) is 17.0. The van der Waals surface area contributed by atoms with Gasteiger partial charge in [-0.05, 0) is 28.7 Å². The van der Waals surface area contributed by atoms with Crippen molar-refractivity contribution in [2.45, 2.75) is 18.4 Å². The van der Waals surface area contributed by atoms with E-state index in [2.05, 4.69) is 36.4 Å². The lowest BCUT2D eigenvalue weighted by molar-refractivity contribution is -0.101. The highest BCUT2D eigenvalue weighted by Crippen LogP contribution is 2.45. The standard InChI is InChI=1S/C21H21NO3/c23-20-13-9-14(20)11-22(10-13)21(24)25-12-19-17-7-3-1-5-15(17)16-6-2-4-8-18(16)19/h1-8,13-14,19-20,23H,9-12H2. The molecule has 2 aliphatic heterocycles. The molecule has 128 valence electrons. The van der Waals surface area contributed by atoms with Crippen LogP contribution >= 0.6 is 0 Å². The fourth-order valence-corrected chi connectivity index (χ4v) is 4.70. The van der Waals surface area contributed by atoms with Gasteiger partial charge in [0.1, 0.15) is 6.61 Å². The molecule has 4 heteroatoms. The zero-order valence-electron chi connectivity index (χ0n) is 14.0. The monoisotopic (exact) mass is 335 g/mol. The molecule has 1 saturated carbocycles. The van der Waals surface area contributed by atoms with Crippen molar-refractivity contribution in [1.29, 1.82) is 0 Å².